The number of hydrogen-bond donors (Lipinski definition) is 2. The molecule has 1 fully saturated rings. The fourth-order valence-corrected chi connectivity index (χ4v) is 2.50. The van der Waals surface area contributed by atoms with Crippen LogP contribution in [0.25, 0.3) is 0 Å². The summed E-state index contributed by atoms with van der Waals surface area (Å²) in [5.74, 6) is 0.439. The van der Waals surface area contributed by atoms with Gasteiger partial charge < -0.3 is 25.1 Å². The number of nitrogens with two attached hydrogens (primary N) is 1. The van der Waals surface area contributed by atoms with Gasteiger partial charge in [-0.05, 0) is 32.2 Å². The van der Waals surface area contributed by atoms with Gasteiger partial charge >= 0.3 is 0 Å². The van der Waals surface area contributed by atoms with Crippen LogP contribution in [0.3, 0.4) is 0 Å². The Morgan fingerprint density at radius 1 is 1.21 bits per heavy atom. The summed E-state index contributed by atoms with van der Waals surface area (Å²) in [6.45, 7) is 3.72. The highest BCUT2D eigenvalue weighted by atomic mass is 16.5. The lowest BCUT2D eigenvalue weighted by atomic mass is 9.86. The first kappa shape index (κ1) is 16.9. The van der Waals surface area contributed by atoms with Gasteiger partial charge in [-0.25, -0.2) is 0 Å². The minimum atomic E-state index is -0.584. The second-order valence-corrected chi connectivity index (χ2v) is 5.41. The third-order valence-corrected chi connectivity index (χ3v) is 3.62. The maximum Gasteiger partial charge on any atom is 0.101 e. The van der Waals surface area contributed by atoms with Crippen LogP contribution in [-0.2, 0) is 14.2 Å². The van der Waals surface area contributed by atoms with Gasteiger partial charge in [-0.15, -0.1) is 0 Å². The number of rotatable bonds is 9. The minimum absolute atomic E-state index is 0.00822. The Balaban J connectivity index is 2.16. The number of ether oxygens (including phenoxy) is 3. The molecule has 0 saturated heterocycles. The van der Waals surface area contributed by atoms with E-state index in [4.69, 9.17) is 19.9 Å². The fourth-order valence-electron chi connectivity index (χ4n) is 2.50. The first-order valence-electron chi connectivity index (χ1n) is 7.27. The molecule has 5 nitrogen and oxygen atoms in total. The maximum atomic E-state index is 9.83. The van der Waals surface area contributed by atoms with Crippen molar-refractivity contribution >= 4 is 0 Å². The highest BCUT2D eigenvalue weighted by Crippen LogP contribution is 2.26. The quantitative estimate of drug-likeness (QED) is 0.655. The van der Waals surface area contributed by atoms with Gasteiger partial charge in [0, 0.05) is 7.11 Å². The lowest BCUT2D eigenvalue weighted by Crippen LogP contribution is -2.36. The van der Waals surface area contributed by atoms with Crippen LogP contribution in [0.4, 0.5) is 0 Å². The van der Waals surface area contributed by atoms with Gasteiger partial charge in [-0.1, -0.05) is 12.8 Å². The van der Waals surface area contributed by atoms with Crippen molar-refractivity contribution in [1.82, 2.24) is 0 Å². The Labute approximate surface area is 116 Å². The van der Waals surface area contributed by atoms with Gasteiger partial charge in [-0.3, -0.25) is 0 Å². The summed E-state index contributed by atoms with van der Waals surface area (Å²) in [5.41, 5.74) is 5.75. The normalized spacial score (nSPS) is 27.2. The highest BCUT2D eigenvalue weighted by molar-refractivity contribution is 4.77. The van der Waals surface area contributed by atoms with E-state index in [9.17, 15) is 5.11 Å². The molecule has 0 aromatic carbocycles. The third kappa shape index (κ3) is 6.68. The summed E-state index contributed by atoms with van der Waals surface area (Å²) in [7, 11) is 1.63. The third-order valence-electron chi connectivity index (χ3n) is 3.62. The van der Waals surface area contributed by atoms with E-state index in [1.165, 1.54) is 12.8 Å². The number of aliphatic hydroxyl groups is 1. The van der Waals surface area contributed by atoms with Crippen LogP contribution in [0, 0.1) is 5.92 Å². The van der Waals surface area contributed by atoms with Gasteiger partial charge in [0.2, 0.25) is 0 Å². The Morgan fingerprint density at radius 2 is 1.95 bits per heavy atom. The molecule has 0 aliphatic heterocycles. The molecule has 3 N–H and O–H groups in total. The standard InChI is InChI=1S/C14H29NO4/c1-11(8-17-2)18-9-13(16)10-19-14-6-4-3-5-12(14)7-15/h11-14,16H,3-10,15H2,1-2H3. The molecule has 0 heterocycles. The average Bonchev–Trinajstić information content (AvgIpc) is 2.43. The monoisotopic (exact) mass is 275 g/mol. The molecule has 5 heteroatoms. The van der Waals surface area contributed by atoms with Gasteiger partial charge in [0.1, 0.15) is 6.10 Å². The number of hydrogen-bond acceptors (Lipinski definition) is 5. The van der Waals surface area contributed by atoms with Crippen LogP contribution in [-0.4, -0.2) is 56.9 Å². The van der Waals surface area contributed by atoms with E-state index in [0.717, 1.165) is 12.8 Å². The molecule has 1 rings (SSSR count). The van der Waals surface area contributed by atoms with E-state index >= 15 is 0 Å². The molecule has 0 bridgehead atoms. The van der Waals surface area contributed by atoms with Crippen LogP contribution in [0.5, 0.6) is 0 Å². The van der Waals surface area contributed by atoms with Crippen LogP contribution < -0.4 is 5.73 Å². The van der Waals surface area contributed by atoms with Crippen LogP contribution in [0.2, 0.25) is 0 Å². The lowest BCUT2D eigenvalue weighted by Gasteiger charge is -2.31. The van der Waals surface area contributed by atoms with Crippen molar-refractivity contribution in [1.29, 1.82) is 0 Å². The Morgan fingerprint density at radius 3 is 2.63 bits per heavy atom. The Bertz CT molecular complexity index is 227. The maximum absolute atomic E-state index is 9.83. The van der Waals surface area contributed by atoms with Crippen molar-refractivity contribution in [3.63, 3.8) is 0 Å². The van der Waals surface area contributed by atoms with Gasteiger partial charge in [0.15, 0.2) is 0 Å². The summed E-state index contributed by atoms with van der Waals surface area (Å²) < 4.78 is 16.2. The number of aliphatic hydroxyl groups excluding tert-OH is 1. The van der Waals surface area contributed by atoms with E-state index in [2.05, 4.69) is 0 Å². The number of methoxy groups -OCH3 is 1. The van der Waals surface area contributed by atoms with Crippen molar-refractivity contribution in [2.45, 2.75) is 50.9 Å². The zero-order valence-corrected chi connectivity index (χ0v) is 12.2. The molecule has 0 amide bonds. The van der Waals surface area contributed by atoms with Gasteiger partial charge in [0.25, 0.3) is 0 Å². The zero-order chi connectivity index (χ0) is 14.1. The zero-order valence-electron chi connectivity index (χ0n) is 12.2. The molecule has 4 unspecified atom stereocenters. The summed E-state index contributed by atoms with van der Waals surface area (Å²) in [6.07, 6.45) is 4.23. The van der Waals surface area contributed by atoms with E-state index < -0.39 is 6.10 Å². The topological polar surface area (TPSA) is 73.9 Å². The average molecular weight is 275 g/mol. The molecule has 0 aromatic rings. The molecule has 1 aliphatic rings. The second-order valence-electron chi connectivity index (χ2n) is 5.41. The van der Waals surface area contributed by atoms with E-state index in [1.54, 1.807) is 7.11 Å². The molecule has 19 heavy (non-hydrogen) atoms. The van der Waals surface area contributed by atoms with E-state index in [1.807, 2.05) is 6.92 Å². The molecule has 4 atom stereocenters. The molecular weight excluding hydrogens is 246 g/mol. The van der Waals surface area contributed by atoms with Crippen molar-refractivity contribution in [2.24, 2.45) is 11.7 Å². The molecule has 0 radical (unpaired) electrons. The van der Waals surface area contributed by atoms with Crippen molar-refractivity contribution in [3.8, 4) is 0 Å². The van der Waals surface area contributed by atoms with Crippen LogP contribution in [0.1, 0.15) is 32.6 Å². The van der Waals surface area contributed by atoms with Crippen molar-refractivity contribution < 1.29 is 19.3 Å². The molecule has 1 aliphatic carbocycles. The molecule has 114 valence electrons. The minimum Gasteiger partial charge on any atom is -0.388 e. The molecule has 0 spiro atoms. The first-order valence-corrected chi connectivity index (χ1v) is 7.27. The predicted octanol–water partition coefficient (Wildman–Crippen LogP) is 0.933. The molecule has 1 saturated carbocycles. The van der Waals surface area contributed by atoms with Crippen LogP contribution >= 0.6 is 0 Å². The Kier molecular flexibility index (Phi) is 8.57. The second kappa shape index (κ2) is 9.66. The SMILES string of the molecule is COCC(C)OCC(O)COC1CCCCC1CN. The fraction of sp³-hybridized carbons (Fsp3) is 1.00. The molecule has 0 aromatic heterocycles. The predicted molar refractivity (Wildman–Crippen MR) is 74.0 cm³/mol. The first-order chi connectivity index (χ1) is 9.17. The summed E-state index contributed by atoms with van der Waals surface area (Å²) in [6, 6.07) is 0. The highest BCUT2D eigenvalue weighted by Gasteiger charge is 2.25. The summed E-state index contributed by atoms with van der Waals surface area (Å²) >= 11 is 0. The summed E-state index contributed by atoms with van der Waals surface area (Å²) in [4.78, 5) is 0. The largest absolute Gasteiger partial charge is 0.388 e. The summed E-state index contributed by atoms with van der Waals surface area (Å²) in [5, 5.41) is 9.83. The van der Waals surface area contributed by atoms with Gasteiger partial charge in [0.05, 0.1) is 32.0 Å². The smallest absolute Gasteiger partial charge is 0.101 e. The van der Waals surface area contributed by atoms with Crippen molar-refractivity contribution in [2.75, 3.05) is 33.5 Å². The lowest BCUT2D eigenvalue weighted by molar-refractivity contribution is -0.0853. The van der Waals surface area contributed by atoms with E-state index in [-0.39, 0.29) is 18.8 Å². The molecular formula is C14H29NO4. The van der Waals surface area contributed by atoms with E-state index in [0.29, 0.717) is 25.7 Å². The van der Waals surface area contributed by atoms with Crippen molar-refractivity contribution in [3.05, 3.63) is 0 Å². The Hall–Kier alpha value is -0.200. The van der Waals surface area contributed by atoms with Gasteiger partial charge in [-0.2, -0.15) is 0 Å². The van der Waals surface area contributed by atoms with Crippen LogP contribution in [0.15, 0.2) is 0 Å².